The smallest absolute Gasteiger partial charge is 0.254 e. The lowest BCUT2D eigenvalue weighted by Gasteiger charge is -2.34. The molecule has 1 aliphatic heterocycles. The lowest BCUT2D eigenvalue weighted by Crippen LogP contribution is -2.48. The van der Waals surface area contributed by atoms with Crippen LogP contribution >= 0.6 is 0 Å². The van der Waals surface area contributed by atoms with Crippen LogP contribution in [0, 0.1) is 12.7 Å². The van der Waals surface area contributed by atoms with E-state index in [-0.39, 0.29) is 17.1 Å². The molecule has 1 amide bonds. The van der Waals surface area contributed by atoms with Crippen LogP contribution in [0.4, 0.5) is 4.39 Å². The maximum Gasteiger partial charge on any atom is 0.254 e. The van der Waals surface area contributed by atoms with Crippen molar-refractivity contribution in [3.8, 4) is 0 Å². The SMILES string of the molecule is Cc1ccc(C(=O)N2CCN(Cc3nnc(C(C)(C)C)o3)CC2)cc1F. The molecule has 3 rings (SSSR count). The van der Waals surface area contributed by atoms with Crippen LogP contribution in [0.15, 0.2) is 22.6 Å². The number of piperazine rings is 1. The molecule has 0 spiro atoms. The Morgan fingerprint density at radius 1 is 1.19 bits per heavy atom. The zero-order valence-electron chi connectivity index (χ0n) is 15.8. The van der Waals surface area contributed by atoms with Crippen molar-refractivity contribution >= 4 is 5.91 Å². The van der Waals surface area contributed by atoms with Crippen molar-refractivity contribution in [3.05, 3.63) is 46.9 Å². The Bertz CT molecular complexity index is 789. The Kier molecular flexibility index (Phi) is 5.09. The van der Waals surface area contributed by atoms with E-state index in [2.05, 4.69) is 15.1 Å². The lowest BCUT2D eigenvalue weighted by molar-refractivity contribution is 0.0616. The van der Waals surface area contributed by atoms with E-state index in [4.69, 9.17) is 4.42 Å². The molecule has 0 bridgehead atoms. The Morgan fingerprint density at radius 3 is 2.46 bits per heavy atom. The van der Waals surface area contributed by atoms with Crippen molar-refractivity contribution < 1.29 is 13.6 Å². The fourth-order valence-electron chi connectivity index (χ4n) is 2.83. The van der Waals surface area contributed by atoms with Crippen LogP contribution in [0.1, 0.15) is 48.5 Å². The fourth-order valence-corrected chi connectivity index (χ4v) is 2.83. The van der Waals surface area contributed by atoms with Crippen molar-refractivity contribution in [1.29, 1.82) is 0 Å². The zero-order valence-corrected chi connectivity index (χ0v) is 15.8. The molecule has 26 heavy (non-hydrogen) atoms. The Morgan fingerprint density at radius 2 is 1.88 bits per heavy atom. The first-order chi connectivity index (χ1) is 12.2. The summed E-state index contributed by atoms with van der Waals surface area (Å²) >= 11 is 0. The summed E-state index contributed by atoms with van der Waals surface area (Å²) in [7, 11) is 0. The second-order valence-corrected chi connectivity index (χ2v) is 7.78. The molecule has 6 nitrogen and oxygen atoms in total. The van der Waals surface area contributed by atoms with Gasteiger partial charge in [0.1, 0.15) is 5.82 Å². The number of benzene rings is 1. The third kappa shape index (κ3) is 4.09. The van der Waals surface area contributed by atoms with Crippen molar-refractivity contribution in [2.24, 2.45) is 0 Å². The van der Waals surface area contributed by atoms with Crippen LogP contribution in [0.5, 0.6) is 0 Å². The Balaban J connectivity index is 1.56. The van der Waals surface area contributed by atoms with Gasteiger partial charge in [0.25, 0.3) is 5.91 Å². The second-order valence-electron chi connectivity index (χ2n) is 7.78. The molecule has 2 heterocycles. The monoisotopic (exact) mass is 360 g/mol. The lowest BCUT2D eigenvalue weighted by atomic mass is 9.97. The maximum atomic E-state index is 13.7. The Hall–Kier alpha value is -2.28. The van der Waals surface area contributed by atoms with Gasteiger partial charge in [-0.1, -0.05) is 26.8 Å². The van der Waals surface area contributed by atoms with Crippen LogP contribution in [0.3, 0.4) is 0 Å². The van der Waals surface area contributed by atoms with E-state index in [9.17, 15) is 9.18 Å². The zero-order chi connectivity index (χ0) is 18.9. The summed E-state index contributed by atoms with van der Waals surface area (Å²) < 4.78 is 19.4. The van der Waals surface area contributed by atoms with E-state index >= 15 is 0 Å². The third-order valence-electron chi connectivity index (χ3n) is 4.55. The molecule has 0 unspecified atom stereocenters. The van der Waals surface area contributed by atoms with Gasteiger partial charge in [0.05, 0.1) is 6.54 Å². The number of carbonyl (C=O) groups excluding carboxylic acids is 1. The van der Waals surface area contributed by atoms with Gasteiger partial charge in [-0.3, -0.25) is 9.69 Å². The van der Waals surface area contributed by atoms with Gasteiger partial charge in [0.2, 0.25) is 11.8 Å². The number of hydrogen-bond donors (Lipinski definition) is 0. The van der Waals surface area contributed by atoms with Crippen molar-refractivity contribution in [1.82, 2.24) is 20.0 Å². The molecule has 1 aromatic heterocycles. The first-order valence-corrected chi connectivity index (χ1v) is 8.84. The van der Waals surface area contributed by atoms with Crippen molar-refractivity contribution in [2.45, 2.75) is 39.7 Å². The number of amides is 1. The number of aromatic nitrogens is 2. The molecule has 7 heteroatoms. The minimum atomic E-state index is -0.347. The van der Waals surface area contributed by atoms with E-state index in [1.807, 2.05) is 20.8 Å². The molecule has 140 valence electrons. The number of carbonyl (C=O) groups is 1. The van der Waals surface area contributed by atoms with Gasteiger partial charge >= 0.3 is 0 Å². The van der Waals surface area contributed by atoms with Crippen LogP contribution in [0.25, 0.3) is 0 Å². The van der Waals surface area contributed by atoms with Crippen molar-refractivity contribution in [2.75, 3.05) is 26.2 Å². The average Bonchev–Trinajstić information content (AvgIpc) is 3.06. The summed E-state index contributed by atoms with van der Waals surface area (Å²) in [5.74, 6) is 0.745. The normalized spacial score (nSPS) is 16.1. The van der Waals surface area contributed by atoms with Crippen LogP contribution < -0.4 is 0 Å². The predicted octanol–water partition coefficient (Wildman–Crippen LogP) is 2.77. The minimum absolute atomic E-state index is 0.128. The largest absolute Gasteiger partial charge is 0.423 e. The summed E-state index contributed by atoms with van der Waals surface area (Å²) in [4.78, 5) is 16.5. The molecule has 0 aliphatic carbocycles. The predicted molar refractivity (Wildman–Crippen MR) is 95.3 cm³/mol. The summed E-state index contributed by atoms with van der Waals surface area (Å²) in [6.45, 7) is 11.0. The molecular formula is C19H25FN4O2. The standard InChI is InChI=1S/C19H25FN4O2/c1-13-5-6-14(11-15(13)20)17(25)24-9-7-23(8-10-24)12-16-21-22-18(26-16)19(2,3)4/h5-6,11H,7-10,12H2,1-4H3. The molecule has 0 saturated carbocycles. The first kappa shape index (κ1) is 18.5. The van der Waals surface area contributed by atoms with E-state index in [0.717, 1.165) is 0 Å². The van der Waals surface area contributed by atoms with E-state index < -0.39 is 0 Å². The average molecular weight is 360 g/mol. The highest BCUT2D eigenvalue weighted by Crippen LogP contribution is 2.21. The second kappa shape index (κ2) is 7.15. The quantitative estimate of drug-likeness (QED) is 0.842. The molecule has 1 fully saturated rings. The number of halogens is 1. The van der Waals surface area contributed by atoms with E-state index in [1.54, 1.807) is 24.0 Å². The van der Waals surface area contributed by atoms with Gasteiger partial charge in [-0.05, 0) is 24.6 Å². The molecule has 0 atom stereocenters. The summed E-state index contributed by atoms with van der Waals surface area (Å²) in [6.07, 6.45) is 0. The molecular weight excluding hydrogens is 335 g/mol. The van der Waals surface area contributed by atoms with Gasteiger partial charge in [-0.15, -0.1) is 10.2 Å². The summed E-state index contributed by atoms with van der Waals surface area (Å²) in [5, 5.41) is 8.22. The molecule has 1 saturated heterocycles. The minimum Gasteiger partial charge on any atom is -0.423 e. The van der Waals surface area contributed by atoms with Crippen LogP contribution in [-0.4, -0.2) is 52.1 Å². The van der Waals surface area contributed by atoms with Crippen LogP contribution in [-0.2, 0) is 12.0 Å². The summed E-state index contributed by atoms with van der Waals surface area (Å²) in [6, 6.07) is 4.64. The van der Waals surface area contributed by atoms with Gasteiger partial charge < -0.3 is 9.32 Å². The molecule has 0 N–H and O–H groups in total. The molecule has 0 radical (unpaired) electrons. The fraction of sp³-hybridized carbons (Fsp3) is 0.526. The molecule has 2 aromatic rings. The van der Waals surface area contributed by atoms with E-state index in [1.165, 1.54) is 6.07 Å². The maximum absolute atomic E-state index is 13.7. The van der Waals surface area contributed by atoms with Gasteiger partial charge in [0, 0.05) is 37.2 Å². The van der Waals surface area contributed by atoms with Gasteiger partial charge in [0.15, 0.2) is 0 Å². The third-order valence-corrected chi connectivity index (χ3v) is 4.55. The number of aryl methyl sites for hydroxylation is 1. The first-order valence-electron chi connectivity index (χ1n) is 8.84. The number of rotatable bonds is 3. The van der Waals surface area contributed by atoms with Crippen molar-refractivity contribution in [3.63, 3.8) is 0 Å². The van der Waals surface area contributed by atoms with E-state index in [0.29, 0.717) is 55.6 Å². The highest BCUT2D eigenvalue weighted by molar-refractivity contribution is 5.94. The van der Waals surface area contributed by atoms with Gasteiger partial charge in [-0.2, -0.15) is 0 Å². The topological polar surface area (TPSA) is 62.5 Å². The number of nitrogens with zero attached hydrogens (tertiary/aromatic N) is 4. The molecule has 1 aliphatic rings. The van der Waals surface area contributed by atoms with Crippen LogP contribution in [0.2, 0.25) is 0 Å². The van der Waals surface area contributed by atoms with Gasteiger partial charge in [-0.25, -0.2) is 4.39 Å². The molecule has 1 aromatic carbocycles. The highest BCUT2D eigenvalue weighted by atomic mass is 19.1. The summed E-state index contributed by atoms with van der Waals surface area (Å²) in [5.41, 5.74) is 0.772. The Labute approximate surface area is 153 Å². The highest BCUT2D eigenvalue weighted by Gasteiger charge is 2.25. The number of hydrogen-bond acceptors (Lipinski definition) is 5.